The molecule has 0 aliphatic carbocycles. The minimum absolute atomic E-state index is 0. The van der Waals surface area contributed by atoms with E-state index in [4.69, 9.17) is 17.5 Å². The normalized spacial score (nSPS) is 9.67. The van der Waals surface area contributed by atoms with Crippen LogP contribution >= 0.6 is 0 Å². The second-order valence-corrected chi connectivity index (χ2v) is 1.22. The van der Waals surface area contributed by atoms with Crippen molar-refractivity contribution >= 4 is 10.4 Å². The average molecular weight is 286 g/mol. The van der Waals surface area contributed by atoms with Crippen LogP contribution in [-0.4, -0.2) is 17.5 Å². The van der Waals surface area contributed by atoms with E-state index in [0.29, 0.717) is 0 Å². The molecule has 0 aromatic carbocycles. The summed E-state index contributed by atoms with van der Waals surface area (Å²) in [6.07, 6.45) is 0. The molecule has 0 unspecified atom stereocenters. The molecule has 4 nitrogen and oxygen atoms in total. The molecule has 40 valence electrons. The fourth-order valence-corrected chi connectivity index (χ4v) is 0. The Hall–Kier alpha value is 0.506. The first-order valence-corrected chi connectivity index (χ1v) is 2.00. The van der Waals surface area contributed by atoms with Crippen molar-refractivity contribution in [1.82, 2.24) is 0 Å². The molecule has 0 radical (unpaired) electrons. The van der Waals surface area contributed by atoms with Gasteiger partial charge < -0.3 is 9.11 Å². The van der Waals surface area contributed by atoms with Gasteiger partial charge in [0.25, 0.3) is 0 Å². The molecule has 0 aliphatic rings. The Kier molecular flexibility index (Phi) is 4.28. The van der Waals surface area contributed by atoms with Crippen LogP contribution in [0, 0.1) is 0 Å². The van der Waals surface area contributed by atoms with Crippen molar-refractivity contribution in [1.29, 1.82) is 0 Å². The van der Waals surface area contributed by atoms with Crippen LogP contribution in [0.3, 0.4) is 0 Å². The summed E-state index contributed by atoms with van der Waals surface area (Å²) >= 11 is 0. The van der Waals surface area contributed by atoms with E-state index in [9.17, 15) is 0 Å². The van der Waals surface area contributed by atoms with Gasteiger partial charge in [-0.15, -0.1) is 0 Å². The van der Waals surface area contributed by atoms with Gasteiger partial charge in [-0.2, -0.15) is 0 Å². The van der Waals surface area contributed by atoms with E-state index in [1.165, 1.54) is 0 Å². The Labute approximate surface area is 48.2 Å². The molecular weight excluding hydrogens is 286 g/mol. The zero-order valence-corrected chi connectivity index (χ0v) is 5.75. The maximum absolute atomic E-state index is 8.52. The molecule has 0 saturated carbocycles. The summed E-state index contributed by atoms with van der Waals surface area (Å²) in [5.74, 6) is 0. The summed E-state index contributed by atoms with van der Waals surface area (Å²) in [5.41, 5.74) is 0. The molecule has 0 aliphatic heterocycles. The molecule has 0 rings (SSSR count). The van der Waals surface area contributed by atoms with Crippen LogP contribution in [0.4, 0.5) is 0 Å². The van der Waals surface area contributed by atoms with Crippen molar-refractivity contribution in [2.75, 3.05) is 0 Å². The third-order valence-electron chi connectivity index (χ3n) is 0. The van der Waals surface area contributed by atoms with Gasteiger partial charge in [0.05, 0.1) is 0 Å². The van der Waals surface area contributed by atoms with E-state index < -0.39 is 10.4 Å². The van der Waals surface area contributed by atoms with E-state index in [1.54, 1.807) is 0 Å². The molecule has 6 heteroatoms. The molecule has 6 heavy (non-hydrogen) atoms. The largest absolute Gasteiger partial charge is 0.759 e. The Morgan fingerprint density at radius 3 is 1.17 bits per heavy atom. The number of rotatable bonds is 0. The summed E-state index contributed by atoms with van der Waals surface area (Å²) in [6.45, 7) is 0. The summed E-state index contributed by atoms with van der Waals surface area (Å²) in [4.78, 5) is 0. The van der Waals surface area contributed by atoms with E-state index in [-0.39, 0.29) is 19.8 Å². The fraction of sp³-hybridized carbons (Fsp3) is 0. The summed E-state index contributed by atoms with van der Waals surface area (Å²) < 4.78 is 34.1. The van der Waals surface area contributed by atoms with Crippen molar-refractivity contribution in [2.45, 2.75) is 0 Å². The predicted octanol–water partition coefficient (Wildman–Crippen LogP) is -1.34. The topological polar surface area (TPSA) is 80.3 Å². The number of hydrogen-bond donors (Lipinski definition) is 0. The maximum Gasteiger partial charge on any atom is 0.0311 e. The van der Waals surface area contributed by atoms with E-state index >= 15 is 0 Å². The average Bonchev–Trinajstić information content (AvgIpc) is 0.722. The van der Waals surface area contributed by atoms with Crippen LogP contribution in [0.25, 0.3) is 0 Å². The molecule has 0 atom stereocenters. The van der Waals surface area contributed by atoms with Gasteiger partial charge in [0.15, 0.2) is 0 Å². The molecule has 0 aromatic rings. The number of hydrogen-bond acceptors (Lipinski definition) is 4. The summed E-state index contributed by atoms with van der Waals surface area (Å²) in [7, 11) is -5.17. The van der Waals surface area contributed by atoms with Crippen LogP contribution in [-0.2, 0) is 30.2 Å². The van der Waals surface area contributed by atoms with Crippen LogP contribution in [0.1, 0.15) is 0 Å². The van der Waals surface area contributed by atoms with Gasteiger partial charge in [-0.1, -0.05) is 0 Å². The van der Waals surface area contributed by atoms with Gasteiger partial charge in [-0.25, -0.2) is 0 Å². The first kappa shape index (κ1) is 9.71. The molecular formula is O4OsS-2. The summed E-state index contributed by atoms with van der Waals surface area (Å²) in [5, 5.41) is 0. The first-order chi connectivity index (χ1) is 2.00. The molecule has 0 heterocycles. The zero-order valence-electron chi connectivity index (χ0n) is 2.39. The Morgan fingerprint density at radius 1 is 1.17 bits per heavy atom. The Morgan fingerprint density at radius 2 is 1.17 bits per heavy atom. The monoisotopic (exact) mass is 288 g/mol. The fourth-order valence-electron chi connectivity index (χ4n) is 0. The minimum atomic E-state index is -5.17. The summed E-state index contributed by atoms with van der Waals surface area (Å²) in [6, 6.07) is 0. The van der Waals surface area contributed by atoms with Gasteiger partial charge >= 0.3 is 0 Å². The molecule has 0 spiro atoms. The van der Waals surface area contributed by atoms with Crippen molar-refractivity contribution in [3.8, 4) is 0 Å². The molecule has 0 amide bonds. The molecule has 0 N–H and O–H groups in total. The van der Waals surface area contributed by atoms with Crippen molar-refractivity contribution in [2.24, 2.45) is 0 Å². The second-order valence-electron chi connectivity index (χ2n) is 0.408. The molecule has 0 fully saturated rings. The van der Waals surface area contributed by atoms with Crippen molar-refractivity contribution in [3.05, 3.63) is 0 Å². The quantitative estimate of drug-likeness (QED) is 0.408. The standard InChI is InChI=1S/H2O4S.Os/c1-5(2,3)4;/h(H2,1,2,3,4);/p-2. The Balaban J connectivity index is 0. The van der Waals surface area contributed by atoms with Gasteiger partial charge in [-0.05, 0) is 0 Å². The van der Waals surface area contributed by atoms with Crippen LogP contribution in [0.2, 0.25) is 0 Å². The van der Waals surface area contributed by atoms with Gasteiger partial charge in [0.1, 0.15) is 0 Å². The van der Waals surface area contributed by atoms with Crippen LogP contribution < -0.4 is 0 Å². The van der Waals surface area contributed by atoms with E-state index in [1.807, 2.05) is 0 Å². The minimum Gasteiger partial charge on any atom is -0.759 e. The SMILES string of the molecule is O=S(=O)([O-])[O-].[Os]. The van der Waals surface area contributed by atoms with Gasteiger partial charge in [-0.3, -0.25) is 8.42 Å². The van der Waals surface area contributed by atoms with Crippen molar-refractivity contribution < 1.29 is 37.3 Å². The van der Waals surface area contributed by atoms with Gasteiger partial charge in [0, 0.05) is 30.2 Å². The van der Waals surface area contributed by atoms with Gasteiger partial charge in [0.2, 0.25) is 0 Å². The zero-order chi connectivity index (χ0) is 4.50. The van der Waals surface area contributed by atoms with E-state index in [0.717, 1.165) is 0 Å². The molecule has 0 saturated heterocycles. The van der Waals surface area contributed by atoms with Crippen LogP contribution in [0.5, 0.6) is 0 Å². The molecule has 0 aromatic heterocycles. The van der Waals surface area contributed by atoms with Crippen LogP contribution in [0.15, 0.2) is 0 Å². The maximum atomic E-state index is 8.52. The third kappa shape index (κ3) is 216. The Bertz CT molecular complexity index is 90.7. The van der Waals surface area contributed by atoms with Crippen molar-refractivity contribution in [3.63, 3.8) is 0 Å². The third-order valence-corrected chi connectivity index (χ3v) is 0. The van der Waals surface area contributed by atoms with E-state index in [2.05, 4.69) is 0 Å². The second kappa shape index (κ2) is 2.64. The smallest absolute Gasteiger partial charge is 0.0311 e. The molecule has 0 bridgehead atoms. The first-order valence-electron chi connectivity index (χ1n) is 0.667. The predicted molar refractivity (Wildman–Crippen MR) is 10.5 cm³/mol.